The van der Waals surface area contributed by atoms with Crippen molar-refractivity contribution in [2.45, 2.75) is 58.4 Å². The Labute approximate surface area is 117 Å². The molecule has 0 aliphatic heterocycles. The molecule has 2 nitrogen and oxygen atoms in total. The predicted molar refractivity (Wildman–Crippen MR) is 83.5 cm³/mol. The molecule has 106 valence electrons. The van der Waals surface area contributed by atoms with E-state index < -0.39 is 0 Å². The number of aryl methyl sites for hydroxylation is 1. The van der Waals surface area contributed by atoms with Crippen molar-refractivity contribution in [3.63, 3.8) is 0 Å². The van der Waals surface area contributed by atoms with Gasteiger partial charge in [0.25, 0.3) is 0 Å². The highest BCUT2D eigenvalue weighted by molar-refractivity contribution is 5.48. The monoisotopic (exact) mass is 260 g/mol. The summed E-state index contributed by atoms with van der Waals surface area (Å²) in [5, 5.41) is 3.74. The molecule has 1 aliphatic carbocycles. The van der Waals surface area contributed by atoms with E-state index in [4.69, 9.17) is 5.73 Å². The van der Waals surface area contributed by atoms with E-state index in [0.717, 1.165) is 6.54 Å². The molecule has 0 saturated heterocycles. The van der Waals surface area contributed by atoms with Crippen LogP contribution in [0.4, 0.5) is 5.69 Å². The van der Waals surface area contributed by atoms with Gasteiger partial charge in [0, 0.05) is 17.8 Å². The first-order valence-corrected chi connectivity index (χ1v) is 7.50. The van der Waals surface area contributed by atoms with Gasteiger partial charge in [-0.2, -0.15) is 0 Å². The van der Waals surface area contributed by atoms with Crippen LogP contribution in [0.3, 0.4) is 0 Å². The average molecular weight is 260 g/mol. The molecule has 2 heteroatoms. The van der Waals surface area contributed by atoms with E-state index in [1.165, 1.54) is 43.4 Å². The molecule has 1 fully saturated rings. The molecule has 1 aliphatic rings. The average Bonchev–Trinajstić information content (AvgIpc) is 2.49. The number of rotatable bonds is 3. The van der Waals surface area contributed by atoms with Crippen molar-refractivity contribution in [3.05, 3.63) is 29.8 Å². The SMILES string of the molecule is Cc1cccc(NC2(CN)CCCC(C)(C)CC2)c1. The third kappa shape index (κ3) is 3.73. The number of nitrogens with one attached hydrogen (secondary N) is 1. The lowest BCUT2D eigenvalue weighted by Gasteiger charge is -2.34. The first-order valence-electron chi connectivity index (χ1n) is 7.50. The minimum atomic E-state index is 0.0849. The first kappa shape index (κ1) is 14.4. The fourth-order valence-corrected chi connectivity index (χ4v) is 3.14. The molecule has 0 heterocycles. The normalized spacial score (nSPS) is 26.7. The number of anilines is 1. The molecular formula is C17H28N2. The zero-order chi connectivity index (χ0) is 13.9. The maximum Gasteiger partial charge on any atom is 0.0495 e. The smallest absolute Gasteiger partial charge is 0.0495 e. The predicted octanol–water partition coefficient (Wildman–Crippen LogP) is 4.09. The molecule has 3 N–H and O–H groups in total. The summed E-state index contributed by atoms with van der Waals surface area (Å²) in [6.07, 6.45) is 6.18. The van der Waals surface area contributed by atoms with Gasteiger partial charge in [0.1, 0.15) is 0 Å². The first-order chi connectivity index (χ1) is 8.95. The van der Waals surface area contributed by atoms with Crippen LogP contribution < -0.4 is 11.1 Å². The number of hydrogen-bond acceptors (Lipinski definition) is 2. The highest BCUT2D eigenvalue weighted by Crippen LogP contribution is 2.39. The van der Waals surface area contributed by atoms with Crippen molar-refractivity contribution >= 4 is 5.69 Å². The van der Waals surface area contributed by atoms with Crippen LogP contribution >= 0.6 is 0 Å². The highest BCUT2D eigenvalue weighted by atomic mass is 15.0. The van der Waals surface area contributed by atoms with Crippen LogP contribution in [0.2, 0.25) is 0 Å². The molecule has 1 saturated carbocycles. The lowest BCUT2D eigenvalue weighted by atomic mass is 9.83. The van der Waals surface area contributed by atoms with Gasteiger partial charge in [0.15, 0.2) is 0 Å². The summed E-state index contributed by atoms with van der Waals surface area (Å²) < 4.78 is 0. The third-order valence-corrected chi connectivity index (χ3v) is 4.61. The molecule has 1 unspecified atom stereocenters. The lowest BCUT2D eigenvalue weighted by Crippen LogP contribution is -2.45. The van der Waals surface area contributed by atoms with E-state index in [0.29, 0.717) is 5.41 Å². The van der Waals surface area contributed by atoms with Crippen LogP contribution in [0.1, 0.15) is 51.5 Å². The summed E-state index contributed by atoms with van der Waals surface area (Å²) in [5.41, 5.74) is 9.18. The zero-order valence-electron chi connectivity index (χ0n) is 12.6. The minimum absolute atomic E-state index is 0.0849. The zero-order valence-corrected chi connectivity index (χ0v) is 12.6. The summed E-state index contributed by atoms with van der Waals surface area (Å²) in [6.45, 7) is 7.62. The third-order valence-electron chi connectivity index (χ3n) is 4.61. The van der Waals surface area contributed by atoms with Crippen molar-refractivity contribution in [2.75, 3.05) is 11.9 Å². The van der Waals surface area contributed by atoms with Crippen molar-refractivity contribution in [2.24, 2.45) is 11.1 Å². The standard InChI is InChI=1S/C17H28N2/c1-14-6-4-7-15(12-14)19-17(13-18)9-5-8-16(2,3)10-11-17/h4,6-7,12,19H,5,8-11,13,18H2,1-3H3. The van der Waals surface area contributed by atoms with Crippen LogP contribution in [0.5, 0.6) is 0 Å². The molecule has 1 aromatic rings. The van der Waals surface area contributed by atoms with Gasteiger partial charge in [0.2, 0.25) is 0 Å². The molecular weight excluding hydrogens is 232 g/mol. The van der Waals surface area contributed by atoms with E-state index in [9.17, 15) is 0 Å². The summed E-state index contributed by atoms with van der Waals surface area (Å²) >= 11 is 0. The van der Waals surface area contributed by atoms with Gasteiger partial charge in [0.05, 0.1) is 0 Å². The van der Waals surface area contributed by atoms with E-state index in [-0.39, 0.29) is 5.54 Å². The largest absolute Gasteiger partial charge is 0.378 e. The quantitative estimate of drug-likeness (QED) is 0.803. The second-order valence-corrected chi connectivity index (χ2v) is 7.00. The molecule has 19 heavy (non-hydrogen) atoms. The Bertz CT molecular complexity index is 425. The van der Waals surface area contributed by atoms with Gasteiger partial charge in [-0.15, -0.1) is 0 Å². The fraction of sp³-hybridized carbons (Fsp3) is 0.647. The Morgan fingerprint density at radius 3 is 2.63 bits per heavy atom. The molecule has 1 aromatic carbocycles. The Kier molecular flexibility index (Phi) is 4.19. The van der Waals surface area contributed by atoms with E-state index in [1.807, 2.05) is 0 Å². The van der Waals surface area contributed by atoms with E-state index in [2.05, 4.69) is 50.4 Å². The van der Waals surface area contributed by atoms with Gasteiger partial charge in [-0.1, -0.05) is 32.4 Å². The lowest BCUT2D eigenvalue weighted by molar-refractivity contribution is 0.305. The molecule has 0 bridgehead atoms. The van der Waals surface area contributed by atoms with Crippen molar-refractivity contribution in [1.82, 2.24) is 0 Å². The van der Waals surface area contributed by atoms with Crippen LogP contribution in [0, 0.1) is 12.3 Å². The van der Waals surface area contributed by atoms with Gasteiger partial charge in [-0.05, 0) is 55.7 Å². The molecule has 0 spiro atoms. The van der Waals surface area contributed by atoms with Gasteiger partial charge in [-0.25, -0.2) is 0 Å². The second-order valence-electron chi connectivity index (χ2n) is 7.00. The molecule has 1 atom stereocenters. The van der Waals surface area contributed by atoms with Crippen LogP contribution in [-0.4, -0.2) is 12.1 Å². The van der Waals surface area contributed by atoms with Crippen LogP contribution in [-0.2, 0) is 0 Å². The van der Waals surface area contributed by atoms with Crippen LogP contribution in [0.15, 0.2) is 24.3 Å². The second kappa shape index (κ2) is 5.54. The van der Waals surface area contributed by atoms with E-state index >= 15 is 0 Å². The summed E-state index contributed by atoms with van der Waals surface area (Å²) in [7, 11) is 0. The Balaban J connectivity index is 2.14. The molecule has 0 aromatic heterocycles. The summed E-state index contributed by atoms with van der Waals surface area (Å²) in [6, 6.07) is 8.62. The fourth-order valence-electron chi connectivity index (χ4n) is 3.14. The van der Waals surface area contributed by atoms with Gasteiger partial charge >= 0.3 is 0 Å². The maximum absolute atomic E-state index is 6.12. The highest BCUT2D eigenvalue weighted by Gasteiger charge is 2.34. The van der Waals surface area contributed by atoms with Crippen molar-refractivity contribution in [1.29, 1.82) is 0 Å². The van der Waals surface area contributed by atoms with Gasteiger partial charge in [-0.3, -0.25) is 0 Å². The van der Waals surface area contributed by atoms with Crippen molar-refractivity contribution < 1.29 is 0 Å². The van der Waals surface area contributed by atoms with Gasteiger partial charge < -0.3 is 11.1 Å². The van der Waals surface area contributed by atoms with Crippen molar-refractivity contribution in [3.8, 4) is 0 Å². The number of hydrogen-bond donors (Lipinski definition) is 2. The maximum atomic E-state index is 6.12. The summed E-state index contributed by atoms with van der Waals surface area (Å²) in [5.74, 6) is 0. The summed E-state index contributed by atoms with van der Waals surface area (Å²) in [4.78, 5) is 0. The number of nitrogens with two attached hydrogens (primary N) is 1. The van der Waals surface area contributed by atoms with E-state index in [1.54, 1.807) is 0 Å². The molecule has 0 radical (unpaired) electrons. The number of benzene rings is 1. The Hall–Kier alpha value is -1.02. The minimum Gasteiger partial charge on any atom is -0.378 e. The molecule has 0 amide bonds. The topological polar surface area (TPSA) is 38.0 Å². The molecule has 2 rings (SSSR count). The Morgan fingerprint density at radius 2 is 1.95 bits per heavy atom. The van der Waals surface area contributed by atoms with Crippen LogP contribution in [0.25, 0.3) is 0 Å². The Morgan fingerprint density at radius 1 is 1.16 bits per heavy atom.